The molecule has 0 atom stereocenters. The molecule has 29 heavy (non-hydrogen) atoms. The third-order valence-corrected chi connectivity index (χ3v) is 4.39. The van der Waals surface area contributed by atoms with E-state index >= 15 is 0 Å². The minimum Gasteiger partial charge on any atom is -0.463 e. The molecule has 0 spiro atoms. The van der Waals surface area contributed by atoms with E-state index in [1.165, 1.54) is 12.1 Å². The van der Waals surface area contributed by atoms with Crippen molar-refractivity contribution in [2.45, 2.75) is 45.8 Å². The minimum absolute atomic E-state index is 0.0718. The minimum atomic E-state index is -4.49. The standard InChI is InChI=1S/C21H24F3NO4/c1-5-28-19(26)16-11-25(13(3)4)12-17(20(27)29-6-2)18(16)14-7-9-15(10-8-14)21(22,23)24/h7-13,18H,5-6H2,1-4H3. The van der Waals surface area contributed by atoms with Crippen LogP contribution in [0.2, 0.25) is 0 Å². The maximum atomic E-state index is 12.9. The van der Waals surface area contributed by atoms with E-state index in [1.54, 1.807) is 31.1 Å². The molecule has 0 aromatic heterocycles. The highest BCUT2D eigenvalue weighted by atomic mass is 19.4. The number of hydrogen-bond acceptors (Lipinski definition) is 5. The topological polar surface area (TPSA) is 55.8 Å². The van der Waals surface area contributed by atoms with Crippen LogP contribution in [0.3, 0.4) is 0 Å². The van der Waals surface area contributed by atoms with Gasteiger partial charge in [-0.2, -0.15) is 13.2 Å². The van der Waals surface area contributed by atoms with Crippen LogP contribution in [0, 0.1) is 0 Å². The van der Waals surface area contributed by atoms with Gasteiger partial charge in [-0.15, -0.1) is 0 Å². The molecule has 1 aromatic rings. The molecule has 1 aliphatic rings. The first-order valence-electron chi connectivity index (χ1n) is 9.32. The summed E-state index contributed by atoms with van der Waals surface area (Å²) < 4.78 is 49.1. The highest BCUT2D eigenvalue weighted by Gasteiger charge is 2.37. The molecule has 0 radical (unpaired) electrons. The second-order valence-corrected chi connectivity index (χ2v) is 6.70. The van der Waals surface area contributed by atoms with Gasteiger partial charge in [-0.1, -0.05) is 12.1 Å². The molecule has 0 saturated heterocycles. The van der Waals surface area contributed by atoms with E-state index in [-0.39, 0.29) is 30.4 Å². The van der Waals surface area contributed by atoms with Crippen LogP contribution >= 0.6 is 0 Å². The van der Waals surface area contributed by atoms with Gasteiger partial charge in [0.05, 0.1) is 35.8 Å². The van der Waals surface area contributed by atoms with Crippen molar-refractivity contribution in [1.29, 1.82) is 0 Å². The number of ether oxygens (including phenoxy) is 2. The van der Waals surface area contributed by atoms with Gasteiger partial charge in [-0.25, -0.2) is 9.59 Å². The summed E-state index contributed by atoms with van der Waals surface area (Å²) in [6, 6.07) is 4.31. The summed E-state index contributed by atoms with van der Waals surface area (Å²) in [5.41, 5.74) is -0.138. The molecule has 0 aliphatic carbocycles. The molecule has 5 nitrogen and oxygen atoms in total. The monoisotopic (exact) mass is 411 g/mol. The Bertz CT molecular complexity index is 774. The maximum Gasteiger partial charge on any atom is 0.416 e. The average Bonchev–Trinajstić information content (AvgIpc) is 2.66. The first-order valence-corrected chi connectivity index (χ1v) is 9.32. The highest BCUT2D eigenvalue weighted by Crippen LogP contribution is 2.39. The van der Waals surface area contributed by atoms with Crippen molar-refractivity contribution >= 4 is 11.9 Å². The van der Waals surface area contributed by atoms with Gasteiger partial charge in [0.15, 0.2) is 0 Å². The van der Waals surface area contributed by atoms with Crippen molar-refractivity contribution < 1.29 is 32.2 Å². The predicted molar refractivity (Wildman–Crippen MR) is 101 cm³/mol. The fourth-order valence-electron chi connectivity index (χ4n) is 2.97. The molecule has 158 valence electrons. The molecule has 8 heteroatoms. The number of hydrogen-bond donors (Lipinski definition) is 0. The Hall–Kier alpha value is -2.77. The van der Waals surface area contributed by atoms with Gasteiger partial charge in [-0.3, -0.25) is 0 Å². The summed E-state index contributed by atoms with van der Waals surface area (Å²) in [5.74, 6) is -2.18. The molecule has 0 unspecified atom stereocenters. The SMILES string of the molecule is CCOC(=O)C1=CN(C(C)C)C=C(C(=O)OCC)C1c1ccc(C(F)(F)F)cc1. The van der Waals surface area contributed by atoms with Crippen LogP contribution in [-0.4, -0.2) is 36.1 Å². The summed E-state index contributed by atoms with van der Waals surface area (Å²) in [6.07, 6.45) is -1.36. The Balaban J connectivity index is 2.59. The average molecular weight is 411 g/mol. The van der Waals surface area contributed by atoms with Crippen molar-refractivity contribution in [3.8, 4) is 0 Å². The highest BCUT2D eigenvalue weighted by molar-refractivity contribution is 5.98. The van der Waals surface area contributed by atoms with Gasteiger partial charge in [-0.05, 0) is 45.4 Å². The van der Waals surface area contributed by atoms with Gasteiger partial charge in [0, 0.05) is 18.4 Å². The second kappa shape index (κ2) is 9.15. The zero-order valence-electron chi connectivity index (χ0n) is 16.7. The number of alkyl halides is 3. The Morgan fingerprint density at radius 2 is 1.41 bits per heavy atom. The molecule has 0 bridgehead atoms. The van der Waals surface area contributed by atoms with Crippen LogP contribution in [-0.2, 0) is 25.2 Å². The van der Waals surface area contributed by atoms with Crippen LogP contribution in [0.5, 0.6) is 0 Å². The van der Waals surface area contributed by atoms with Crippen molar-refractivity contribution in [1.82, 2.24) is 4.90 Å². The molecule has 1 aliphatic heterocycles. The molecule has 1 heterocycles. The summed E-state index contributed by atoms with van der Waals surface area (Å²) >= 11 is 0. The lowest BCUT2D eigenvalue weighted by atomic mass is 9.83. The van der Waals surface area contributed by atoms with Crippen molar-refractivity contribution in [2.75, 3.05) is 13.2 Å². The molecule has 1 aromatic carbocycles. The van der Waals surface area contributed by atoms with Crippen molar-refractivity contribution in [2.24, 2.45) is 0 Å². The van der Waals surface area contributed by atoms with Crippen LogP contribution < -0.4 is 0 Å². The van der Waals surface area contributed by atoms with E-state index in [2.05, 4.69) is 0 Å². The van der Waals surface area contributed by atoms with Crippen molar-refractivity contribution in [3.63, 3.8) is 0 Å². The molecular formula is C21H24F3NO4. The van der Waals surface area contributed by atoms with E-state index < -0.39 is 29.6 Å². The maximum absolute atomic E-state index is 12.9. The zero-order chi connectivity index (χ0) is 21.8. The van der Waals surface area contributed by atoms with Crippen molar-refractivity contribution in [3.05, 3.63) is 58.9 Å². The third-order valence-electron chi connectivity index (χ3n) is 4.39. The number of benzene rings is 1. The van der Waals surface area contributed by atoms with Gasteiger partial charge >= 0.3 is 18.1 Å². The fraction of sp³-hybridized carbons (Fsp3) is 0.429. The van der Waals surface area contributed by atoms with Gasteiger partial charge in [0.2, 0.25) is 0 Å². The Kier molecular flexibility index (Phi) is 7.11. The molecule has 2 rings (SSSR count). The fourth-order valence-corrected chi connectivity index (χ4v) is 2.97. The summed E-state index contributed by atoms with van der Waals surface area (Å²) in [4.78, 5) is 26.9. The quantitative estimate of drug-likeness (QED) is 0.649. The molecule has 0 N–H and O–H groups in total. The van der Waals surface area contributed by atoms with E-state index in [1.807, 2.05) is 13.8 Å². The summed E-state index contributed by atoms with van der Waals surface area (Å²) in [6.45, 7) is 7.29. The van der Waals surface area contributed by atoms with Crippen LogP contribution in [0.1, 0.15) is 44.7 Å². The van der Waals surface area contributed by atoms with Crippen LogP contribution in [0.25, 0.3) is 0 Å². The number of rotatable bonds is 6. The Morgan fingerprint density at radius 1 is 0.966 bits per heavy atom. The summed E-state index contributed by atoms with van der Waals surface area (Å²) in [7, 11) is 0. The van der Waals surface area contributed by atoms with E-state index in [0.717, 1.165) is 12.1 Å². The van der Waals surface area contributed by atoms with E-state index in [9.17, 15) is 22.8 Å². The van der Waals surface area contributed by atoms with Gasteiger partial charge in [0.25, 0.3) is 0 Å². The number of esters is 2. The van der Waals surface area contributed by atoms with E-state index in [4.69, 9.17) is 9.47 Å². The lowest BCUT2D eigenvalue weighted by molar-refractivity contribution is -0.140. The smallest absolute Gasteiger partial charge is 0.416 e. The van der Waals surface area contributed by atoms with Crippen LogP contribution in [0.15, 0.2) is 47.8 Å². The molecule has 0 amide bonds. The predicted octanol–water partition coefficient (Wildman–Crippen LogP) is 4.41. The first kappa shape index (κ1) is 22.5. The number of carbonyl (C=O) groups excluding carboxylic acids is 2. The number of nitrogens with zero attached hydrogens (tertiary/aromatic N) is 1. The lowest BCUT2D eigenvalue weighted by Gasteiger charge is -2.32. The Labute approximate surface area is 167 Å². The zero-order valence-corrected chi connectivity index (χ0v) is 16.7. The molecular weight excluding hydrogens is 387 g/mol. The van der Waals surface area contributed by atoms with Gasteiger partial charge < -0.3 is 14.4 Å². The third kappa shape index (κ3) is 5.19. The summed E-state index contributed by atoms with van der Waals surface area (Å²) in [5, 5.41) is 0. The van der Waals surface area contributed by atoms with Crippen LogP contribution in [0.4, 0.5) is 13.2 Å². The second-order valence-electron chi connectivity index (χ2n) is 6.70. The molecule has 0 saturated carbocycles. The number of carbonyl (C=O) groups is 2. The normalized spacial score (nSPS) is 15.1. The lowest BCUT2D eigenvalue weighted by Crippen LogP contribution is -2.32. The largest absolute Gasteiger partial charge is 0.463 e. The van der Waals surface area contributed by atoms with E-state index in [0.29, 0.717) is 5.56 Å². The Morgan fingerprint density at radius 3 is 1.76 bits per heavy atom. The molecule has 0 fully saturated rings. The number of halogens is 3. The van der Waals surface area contributed by atoms with Gasteiger partial charge in [0.1, 0.15) is 0 Å². The first-order chi connectivity index (χ1) is 13.6.